The number of carboxylic acids is 1. The predicted molar refractivity (Wildman–Crippen MR) is 71.9 cm³/mol. The molecule has 0 radical (unpaired) electrons. The monoisotopic (exact) mass is 279 g/mol. The Bertz CT molecular complexity index is 514. The van der Waals surface area contributed by atoms with E-state index in [0.29, 0.717) is 18.4 Å². The minimum atomic E-state index is -0.937. The molecule has 0 aromatic heterocycles. The van der Waals surface area contributed by atoms with Crippen LogP contribution in [-0.4, -0.2) is 23.0 Å². The highest BCUT2D eigenvalue weighted by atomic mass is 19.1. The summed E-state index contributed by atoms with van der Waals surface area (Å²) in [6.45, 7) is 1.67. The highest BCUT2D eigenvalue weighted by molar-refractivity contribution is 5.94. The molecule has 2 unspecified atom stereocenters. The maximum Gasteiger partial charge on any atom is 0.311 e. The van der Waals surface area contributed by atoms with Crippen LogP contribution in [0.15, 0.2) is 24.3 Å². The van der Waals surface area contributed by atoms with Crippen LogP contribution < -0.4 is 5.32 Å². The van der Waals surface area contributed by atoms with Crippen LogP contribution in [0.1, 0.15) is 43.0 Å². The molecule has 108 valence electrons. The minimum absolute atomic E-state index is 0.338. The molecule has 0 saturated heterocycles. The Morgan fingerprint density at radius 1 is 1.30 bits per heavy atom. The van der Waals surface area contributed by atoms with Gasteiger partial charge in [0, 0.05) is 11.6 Å². The van der Waals surface area contributed by atoms with Gasteiger partial charge < -0.3 is 10.4 Å². The molecule has 2 N–H and O–H groups in total. The molecule has 0 spiro atoms. The van der Waals surface area contributed by atoms with E-state index in [1.807, 2.05) is 0 Å². The first-order chi connectivity index (χ1) is 9.43. The number of hydrogen-bond acceptors (Lipinski definition) is 2. The number of benzene rings is 1. The largest absolute Gasteiger partial charge is 0.481 e. The molecule has 4 nitrogen and oxygen atoms in total. The van der Waals surface area contributed by atoms with Crippen molar-refractivity contribution in [2.24, 2.45) is 5.41 Å². The van der Waals surface area contributed by atoms with Crippen LogP contribution in [0.5, 0.6) is 0 Å². The molecule has 1 aromatic carbocycles. The van der Waals surface area contributed by atoms with Gasteiger partial charge in [0.1, 0.15) is 5.82 Å². The van der Waals surface area contributed by atoms with Gasteiger partial charge in [-0.25, -0.2) is 4.39 Å². The zero-order valence-electron chi connectivity index (χ0n) is 11.4. The number of halogens is 1. The maximum atomic E-state index is 12.8. The van der Waals surface area contributed by atoms with E-state index >= 15 is 0 Å². The van der Waals surface area contributed by atoms with Crippen LogP contribution in [0, 0.1) is 11.2 Å². The average Bonchev–Trinajstić information content (AvgIpc) is 2.42. The molecule has 1 aliphatic carbocycles. The molecule has 2 rings (SSSR count). The van der Waals surface area contributed by atoms with Crippen molar-refractivity contribution in [2.45, 2.75) is 38.6 Å². The summed E-state index contributed by atoms with van der Waals surface area (Å²) in [6.07, 6.45) is 2.95. The molecule has 1 aliphatic rings. The highest BCUT2D eigenvalue weighted by Gasteiger charge is 2.43. The van der Waals surface area contributed by atoms with Crippen molar-refractivity contribution in [2.75, 3.05) is 0 Å². The van der Waals surface area contributed by atoms with Crippen LogP contribution in [0.2, 0.25) is 0 Å². The fourth-order valence-corrected chi connectivity index (χ4v) is 2.66. The van der Waals surface area contributed by atoms with Gasteiger partial charge in [0.15, 0.2) is 0 Å². The van der Waals surface area contributed by atoms with Gasteiger partial charge in [0.25, 0.3) is 5.91 Å². The van der Waals surface area contributed by atoms with Gasteiger partial charge in [-0.05, 0) is 44.0 Å². The number of amides is 1. The number of carbonyl (C=O) groups excluding carboxylic acids is 1. The lowest BCUT2D eigenvalue weighted by Crippen LogP contribution is -2.52. The molecular weight excluding hydrogens is 261 g/mol. The van der Waals surface area contributed by atoms with Crippen molar-refractivity contribution in [3.8, 4) is 0 Å². The number of aliphatic carboxylic acids is 1. The van der Waals surface area contributed by atoms with Gasteiger partial charge in [-0.1, -0.05) is 12.8 Å². The van der Waals surface area contributed by atoms with Crippen molar-refractivity contribution in [1.82, 2.24) is 5.32 Å². The topological polar surface area (TPSA) is 66.4 Å². The summed E-state index contributed by atoms with van der Waals surface area (Å²) >= 11 is 0. The van der Waals surface area contributed by atoms with Crippen molar-refractivity contribution < 1.29 is 19.1 Å². The number of carboxylic acid groups (broad SMARTS) is 1. The minimum Gasteiger partial charge on any atom is -0.481 e. The molecule has 1 fully saturated rings. The second kappa shape index (κ2) is 5.61. The quantitative estimate of drug-likeness (QED) is 0.893. The van der Waals surface area contributed by atoms with E-state index in [1.54, 1.807) is 6.92 Å². The fraction of sp³-hybridized carbons (Fsp3) is 0.467. The van der Waals surface area contributed by atoms with Crippen LogP contribution in [0.4, 0.5) is 4.39 Å². The van der Waals surface area contributed by atoms with E-state index in [9.17, 15) is 19.1 Å². The second-order valence-electron chi connectivity index (χ2n) is 5.50. The fourth-order valence-electron chi connectivity index (χ4n) is 2.66. The zero-order chi connectivity index (χ0) is 14.8. The molecule has 2 atom stereocenters. The van der Waals surface area contributed by atoms with Crippen molar-refractivity contribution in [1.29, 1.82) is 0 Å². The van der Waals surface area contributed by atoms with E-state index in [-0.39, 0.29) is 5.91 Å². The van der Waals surface area contributed by atoms with E-state index in [2.05, 4.69) is 5.32 Å². The van der Waals surface area contributed by atoms with Crippen LogP contribution in [0.25, 0.3) is 0 Å². The molecular formula is C15H18FNO3. The van der Waals surface area contributed by atoms with Crippen molar-refractivity contribution in [3.05, 3.63) is 35.6 Å². The molecule has 1 aromatic rings. The Labute approximate surface area is 117 Å². The smallest absolute Gasteiger partial charge is 0.311 e. The molecule has 0 aliphatic heterocycles. The molecule has 20 heavy (non-hydrogen) atoms. The summed E-state index contributed by atoms with van der Waals surface area (Å²) in [6, 6.07) is 4.82. The average molecular weight is 279 g/mol. The number of rotatable bonds is 3. The van der Waals surface area contributed by atoms with Crippen LogP contribution in [0.3, 0.4) is 0 Å². The van der Waals surface area contributed by atoms with E-state index < -0.39 is 23.2 Å². The van der Waals surface area contributed by atoms with E-state index in [0.717, 1.165) is 12.8 Å². The summed E-state index contributed by atoms with van der Waals surface area (Å²) in [5.74, 6) is -1.65. The van der Waals surface area contributed by atoms with Gasteiger partial charge in [0.05, 0.1) is 5.41 Å². The lowest BCUT2D eigenvalue weighted by Gasteiger charge is -2.38. The third-order valence-electron chi connectivity index (χ3n) is 4.11. The molecule has 0 heterocycles. The Kier molecular flexibility index (Phi) is 4.06. The van der Waals surface area contributed by atoms with Gasteiger partial charge in [-0.2, -0.15) is 0 Å². The number of hydrogen-bond donors (Lipinski definition) is 2. The summed E-state index contributed by atoms with van der Waals surface area (Å²) in [4.78, 5) is 23.6. The summed E-state index contributed by atoms with van der Waals surface area (Å²) in [7, 11) is 0. The normalized spacial score (nSPS) is 26.0. The summed E-state index contributed by atoms with van der Waals surface area (Å²) < 4.78 is 12.8. The standard InChI is InChI=1S/C15H18FNO3/c1-15(14(19)20)9-3-2-4-12(15)17-13(18)10-5-7-11(16)8-6-10/h5-8,12H,2-4,9H2,1H3,(H,17,18)(H,19,20). The molecule has 1 amide bonds. The maximum absolute atomic E-state index is 12.8. The highest BCUT2D eigenvalue weighted by Crippen LogP contribution is 2.36. The van der Waals surface area contributed by atoms with E-state index in [1.165, 1.54) is 24.3 Å². The van der Waals surface area contributed by atoms with Gasteiger partial charge >= 0.3 is 5.97 Å². The predicted octanol–water partition coefficient (Wildman–Crippen LogP) is 2.59. The lowest BCUT2D eigenvalue weighted by molar-refractivity contribution is -0.151. The first kappa shape index (κ1) is 14.5. The zero-order valence-corrected chi connectivity index (χ0v) is 11.4. The van der Waals surface area contributed by atoms with Gasteiger partial charge in [0.2, 0.25) is 0 Å². The first-order valence-corrected chi connectivity index (χ1v) is 6.73. The second-order valence-corrected chi connectivity index (χ2v) is 5.50. The third kappa shape index (κ3) is 2.81. The number of nitrogens with one attached hydrogen (secondary N) is 1. The first-order valence-electron chi connectivity index (χ1n) is 6.73. The molecule has 0 bridgehead atoms. The van der Waals surface area contributed by atoms with Gasteiger partial charge in [-0.3, -0.25) is 9.59 Å². The summed E-state index contributed by atoms with van der Waals surface area (Å²) in [5.41, 5.74) is -0.599. The van der Waals surface area contributed by atoms with Crippen molar-refractivity contribution in [3.63, 3.8) is 0 Å². The lowest BCUT2D eigenvalue weighted by atomic mass is 9.71. The third-order valence-corrected chi connectivity index (χ3v) is 4.11. The molecule has 5 heteroatoms. The van der Waals surface area contributed by atoms with Crippen LogP contribution >= 0.6 is 0 Å². The Balaban J connectivity index is 2.13. The Morgan fingerprint density at radius 3 is 2.55 bits per heavy atom. The SMILES string of the molecule is CC1(C(=O)O)CCCCC1NC(=O)c1ccc(F)cc1. The summed E-state index contributed by atoms with van der Waals surface area (Å²) in [5, 5.41) is 12.2. The number of carbonyl (C=O) groups is 2. The Hall–Kier alpha value is -1.91. The van der Waals surface area contributed by atoms with Crippen molar-refractivity contribution >= 4 is 11.9 Å². The van der Waals surface area contributed by atoms with Crippen LogP contribution in [-0.2, 0) is 4.79 Å². The Morgan fingerprint density at radius 2 is 1.95 bits per heavy atom. The molecule has 1 saturated carbocycles. The van der Waals surface area contributed by atoms with Gasteiger partial charge in [-0.15, -0.1) is 0 Å². The van der Waals surface area contributed by atoms with E-state index in [4.69, 9.17) is 0 Å².